The maximum atomic E-state index is 12.4. The smallest absolute Gasteiger partial charge is 0.287 e. The molecule has 0 spiro atoms. The molecule has 0 radical (unpaired) electrons. The molecular weight excluding hydrogens is 318 g/mol. The van der Waals surface area contributed by atoms with E-state index in [9.17, 15) is 4.79 Å². The van der Waals surface area contributed by atoms with Crippen molar-refractivity contribution in [2.24, 2.45) is 0 Å². The van der Waals surface area contributed by atoms with E-state index in [-0.39, 0.29) is 17.7 Å². The number of para-hydroxylation sites is 1. The molecule has 25 heavy (non-hydrogen) atoms. The maximum absolute atomic E-state index is 12.4. The highest BCUT2D eigenvalue weighted by Gasteiger charge is 2.16. The molecule has 0 bridgehead atoms. The topological polar surface area (TPSA) is 60.7 Å². The molecule has 5 heteroatoms. The van der Waals surface area contributed by atoms with Crippen molar-refractivity contribution in [2.75, 3.05) is 13.7 Å². The number of hydrogen-bond acceptors (Lipinski definition) is 4. The molecular formula is C20H21NO4. The molecule has 0 fully saturated rings. The Morgan fingerprint density at radius 1 is 1.20 bits per heavy atom. The first kappa shape index (κ1) is 16.9. The summed E-state index contributed by atoms with van der Waals surface area (Å²) in [6.45, 7) is 4.28. The Hall–Kier alpha value is -2.95. The van der Waals surface area contributed by atoms with Crippen molar-refractivity contribution in [3.8, 4) is 11.5 Å². The number of carbonyl (C=O) groups excluding carboxylic acids is 1. The summed E-state index contributed by atoms with van der Waals surface area (Å²) in [7, 11) is 1.57. The zero-order valence-electron chi connectivity index (χ0n) is 14.5. The fourth-order valence-corrected chi connectivity index (χ4v) is 2.50. The minimum atomic E-state index is -0.279. The molecule has 5 nitrogen and oxygen atoms in total. The summed E-state index contributed by atoms with van der Waals surface area (Å²) in [6.07, 6.45) is 0. The molecule has 3 aromatic rings. The number of amides is 1. The lowest BCUT2D eigenvalue weighted by Crippen LogP contribution is -2.36. The van der Waals surface area contributed by atoms with Gasteiger partial charge in [-0.25, -0.2) is 0 Å². The van der Waals surface area contributed by atoms with Crippen molar-refractivity contribution in [2.45, 2.75) is 19.9 Å². The number of furan rings is 1. The Bertz CT molecular complexity index is 867. The summed E-state index contributed by atoms with van der Waals surface area (Å²) in [5, 5.41) is 3.70. The number of nitrogens with one attached hydrogen (secondary N) is 1. The summed E-state index contributed by atoms with van der Waals surface area (Å²) >= 11 is 0. The van der Waals surface area contributed by atoms with Crippen LogP contribution in [0.2, 0.25) is 0 Å². The van der Waals surface area contributed by atoms with Gasteiger partial charge in [0.05, 0.1) is 13.2 Å². The number of ether oxygens (including phenoxy) is 2. The van der Waals surface area contributed by atoms with E-state index in [0.29, 0.717) is 17.9 Å². The Morgan fingerprint density at radius 3 is 2.68 bits per heavy atom. The van der Waals surface area contributed by atoms with Gasteiger partial charge < -0.3 is 19.2 Å². The van der Waals surface area contributed by atoms with Crippen LogP contribution < -0.4 is 14.8 Å². The minimum absolute atomic E-state index is 0.163. The van der Waals surface area contributed by atoms with Crippen molar-refractivity contribution < 1.29 is 18.7 Å². The molecule has 1 amide bonds. The van der Waals surface area contributed by atoms with Crippen LogP contribution in [0.4, 0.5) is 0 Å². The Kier molecular flexibility index (Phi) is 4.93. The third-order valence-electron chi connectivity index (χ3n) is 3.85. The standard InChI is InChI=1S/C20H21NO4/c1-13-7-9-16(10-8-13)24-12-14(2)21-20(22)18-11-15-5-4-6-17(23-3)19(15)25-18/h4-11,14H,12H2,1-3H3,(H,21,22). The normalized spacial score (nSPS) is 12.0. The Labute approximate surface area is 146 Å². The Morgan fingerprint density at radius 2 is 1.96 bits per heavy atom. The van der Waals surface area contributed by atoms with Gasteiger partial charge in [0.25, 0.3) is 5.91 Å². The molecule has 0 aliphatic carbocycles. The molecule has 1 unspecified atom stereocenters. The molecule has 0 saturated heterocycles. The number of hydrogen-bond donors (Lipinski definition) is 1. The maximum Gasteiger partial charge on any atom is 0.287 e. The fourth-order valence-electron chi connectivity index (χ4n) is 2.50. The van der Waals surface area contributed by atoms with Crippen molar-refractivity contribution >= 4 is 16.9 Å². The predicted molar refractivity (Wildman–Crippen MR) is 96.4 cm³/mol. The lowest BCUT2D eigenvalue weighted by Gasteiger charge is -2.14. The van der Waals surface area contributed by atoms with Gasteiger partial charge in [0, 0.05) is 5.39 Å². The predicted octanol–water partition coefficient (Wildman–Crippen LogP) is 3.95. The minimum Gasteiger partial charge on any atom is -0.493 e. The molecule has 0 aliphatic rings. The lowest BCUT2D eigenvalue weighted by molar-refractivity contribution is 0.0900. The first-order valence-electron chi connectivity index (χ1n) is 8.13. The number of rotatable bonds is 6. The third-order valence-corrected chi connectivity index (χ3v) is 3.85. The van der Waals surface area contributed by atoms with E-state index in [0.717, 1.165) is 11.1 Å². The van der Waals surface area contributed by atoms with Gasteiger partial charge in [-0.1, -0.05) is 29.8 Å². The van der Waals surface area contributed by atoms with Crippen LogP contribution >= 0.6 is 0 Å². The van der Waals surface area contributed by atoms with Crippen LogP contribution in [0.15, 0.2) is 52.9 Å². The number of carbonyl (C=O) groups is 1. The van der Waals surface area contributed by atoms with Crippen LogP contribution in [0, 0.1) is 6.92 Å². The van der Waals surface area contributed by atoms with Gasteiger partial charge in [0.2, 0.25) is 0 Å². The number of aryl methyl sites for hydroxylation is 1. The van der Waals surface area contributed by atoms with Crippen molar-refractivity contribution in [1.82, 2.24) is 5.32 Å². The van der Waals surface area contributed by atoms with Gasteiger partial charge >= 0.3 is 0 Å². The van der Waals surface area contributed by atoms with E-state index in [4.69, 9.17) is 13.9 Å². The van der Waals surface area contributed by atoms with Gasteiger partial charge in [-0.05, 0) is 38.1 Å². The van der Waals surface area contributed by atoms with E-state index >= 15 is 0 Å². The van der Waals surface area contributed by atoms with E-state index < -0.39 is 0 Å². The van der Waals surface area contributed by atoms with Crippen molar-refractivity contribution in [3.63, 3.8) is 0 Å². The summed E-state index contributed by atoms with van der Waals surface area (Å²) in [4.78, 5) is 12.4. The average Bonchev–Trinajstić information content (AvgIpc) is 3.05. The van der Waals surface area contributed by atoms with Gasteiger partial charge in [0.1, 0.15) is 12.4 Å². The van der Waals surface area contributed by atoms with E-state index in [2.05, 4.69) is 5.32 Å². The number of methoxy groups -OCH3 is 1. The monoisotopic (exact) mass is 339 g/mol. The summed E-state index contributed by atoms with van der Waals surface area (Å²) in [6, 6.07) is 14.9. The molecule has 3 rings (SSSR count). The Balaban J connectivity index is 1.62. The third kappa shape index (κ3) is 3.94. The highest BCUT2D eigenvalue weighted by atomic mass is 16.5. The van der Waals surface area contributed by atoms with Crippen LogP contribution in [0.1, 0.15) is 23.0 Å². The molecule has 0 aliphatic heterocycles. The average molecular weight is 339 g/mol. The molecule has 1 N–H and O–H groups in total. The van der Waals surface area contributed by atoms with Crippen LogP contribution in [-0.4, -0.2) is 25.7 Å². The first-order valence-corrected chi connectivity index (χ1v) is 8.13. The van der Waals surface area contributed by atoms with Gasteiger partial charge in [0.15, 0.2) is 17.1 Å². The van der Waals surface area contributed by atoms with E-state index in [1.54, 1.807) is 19.2 Å². The van der Waals surface area contributed by atoms with Crippen LogP contribution in [0.25, 0.3) is 11.0 Å². The van der Waals surface area contributed by atoms with Crippen LogP contribution in [0.3, 0.4) is 0 Å². The van der Waals surface area contributed by atoms with Crippen molar-refractivity contribution in [3.05, 3.63) is 59.9 Å². The number of fused-ring (bicyclic) bond motifs is 1. The lowest BCUT2D eigenvalue weighted by atomic mass is 10.2. The zero-order chi connectivity index (χ0) is 17.8. The summed E-state index contributed by atoms with van der Waals surface area (Å²) in [5.74, 6) is 1.35. The van der Waals surface area contributed by atoms with Crippen molar-refractivity contribution in [1.29, 1.82) is 0 Å². The SMILES string of the molecule is COc1cccc2cc(C(=O)NC(C)COc3ccc(C)cc3)oc12. The molecule has 1 atom stereocenters. The van der Waals surface area contributed by atoms with Gasteiger partial charge in [-0.3, -0.25) is 4.79 Å². The second-order valence-electron chi connectivity index (χ2n) is 5.99. The second kappa shape index (κ2) is 7.30. The van der Waals surface area contributed by atoms with Crippen LogP contribution in [-0.2, 0) is 0 Å². The molecule has 2 aromatic carbocycles. The quantitative estimate of drug-likeness (QED) is 0.739. The summed E-state index contributed by atoms with van der Waals surface area (Å²) < 4.78 is 16.6. The molecule has 130 valence electrons. The second-order valence-corrected chi connectivity index (χ2v) is 5.99. The molecule has 0 saturated carbocycles. The first-order chi connectivity index (χ1) is 12.1. The van der Waals surface area contributed by atoms with Gasteiger partial charge in [-0.2, -0.15) is 0 Å². The highest BCUT2D eigenvalue weighted by molar-refractivity contribution is 5.97. The van der Waals surface area contributed by atoms with E-state index in [1.165, 1.54) is 5.56 Å². The zero-order valence-corrected chi connectivity index (χ0v) is 14.5. The largest absolute Gasteiger partial charge is 0.493 e. The van der Waals surface area contributed by atoms with Crippen LogP contribution in [0.5, 0.6) is 11.5 Å². The van der Waals surface area contributed by atoms with Gasteiger partial charge in [-0.15, -0.1) is 0 Å². The number of benzene rings is 2. The summed E-state index contributed by atoms with van der Waals surface area (Å²) in [5.41, 5.74) is 1.74. The fraction of sp³-hybridized carbons (Fsp3) is 0.250. The highest BCUT2D eigenvalue weighted by Crippen LogP contribution is 2.28. The van der Waals surface area contributed by atoms with E-state index in [1.807, 2.05) is 50.2 Å². The molecule has 1 aromatic heterocycles. The molecule has 1 heterocycles.